The average molecular weight is 442 g/mol. The molecule has 0 atom stereocenters. The molecule has 0 amide bonds. The third kappa shape index (κ3) is 6.03. The van der Waals surface area contributed by atoms with Gasteiger partial charge < -0.3 is 17.0 Å². The Morgan fingerprint density at radius 1 is 0.929 bits per heavy atom. The van der Waals surface area contributed by atoms with Crippen molar-refractivity contribution >= 4 is 0 Å². The Bertz CT molecular complexity index is 846. The maximum atomic E-state index is 4.86. The molecule has 0 N–H and O–H groups in total. The Hall–Kier alpha value is -1.94. The van der Waals surface area contributed by atoms with E-state index in [2.05, 4.69) is 97.9 Å². The summed E-state index contributed by atoms with van der Waals surface area (Å²) in [6.45, 7) is 10.6. The summed E-state index contributed by atoms with van der Waals surface area (Å²) < 4.78 is 4.24. The van der Waals surface area contributed by atoms with Gasteiger partial charge in [0.05, 0.1) is 5.21 Å². The Morgan fingerprint density at radius 3 is 2.21 bits per heavy atom. The molecule has 3 aromatic rings. The highest BCUT2D eigenvalue weighted by Gasteiger charge is 2.17. The van der Waals surface area contributed by atoms with Crippen LogP contribution < -0.4 is 21.7 Å². The minimum atomic E-state index is 0. The predicted molar refractivity (Wildman–Crippen MR) is 111 cm³/mol. The van der Waals surface area contributed by atoms with E-state index < -0.39 is 0 Å². The van der Waals surface area contributed by atoms with Crippen molar-refractivity contribution in [2.24, 2.45) is 0 Å². The molecule has 0 aliphatic carbocycles. The zero-order valence-electron chi connectivity index (χ0n) is 17.5. The number of benzene rings is 2. The molecule has 0 spiro atoms. The van der Waals surface area contributed by atoms with Gasteiger partial charge in [-0.25, -0.2) is 0 Å². The number of rotatable bonds is 7. The quantitative estimate of drug-likeness (QED) is 0.513. The van der Waals surface area contributed by atoms with Crippen LogP contribution in [0, 0.1) is 0 Å². The molecule has 1 aromatic heterocycles. The van der Waals surface area contributed by atoms with E-state index >= 15 is 0 Å². The summed E-state index contributed by atoms with van der Waals surface area (Å²) in [4.78, 5) is 0. The topological polar surface area (TPSA) is 21.7 Å². The largest absolute Gasteiger partial charge is 1.00 e. The molecule has 0 unspecified atom stereocenters. The lowest BCUT2D eigenvalue weighted by Gasteiger charge is -2.18. The van der Waals surface area contributed by atoms with Crippen LogP contribution in [0.5, 0.6) is 0 Å². The minimum absolute atomic E-state index is 0. The first-order valence-corrected chi connectivity index (χ1v) is 10.1. The van der Waals surface area contributed by atoms with Gasteiger partial charge in [-0.15, -0.1) is 9.36 Å². The van der Waals surface area contributed by atoms with E-state index in [1.807, 2.05) is 0 Å². The SMILES string of the molecule is CCCCc1c[n+](Cc2ccccc2)nn1Cc1ccc(C(C)(C)C)cc1.[Br-]. The Morgan fingerprint density at radius 2 is 1.61 bits per heavy atom. The highest BCUT2D eigenvalue weighted by Crippen LogP contribution is 2.22. The smallest absolute Gasteiger partial charge is 0.168 e. The zero-order chi connectivity index (χ0) is 19.3. The fourth-order valence-electron chi connectivity index (χ4n) is 3.28. The van der Waals surface area contributed by atoms with Crippen molar-refractivity contribution in [2.75, 3.05) is 0 Å². The molecule has 0 aliphatic heterocycles. The maximum Gasteiger partial charge on any atom is 0.168 e. The summed E-state index contributed by atoms with van der Waals surface area (Å²) in [5.41, 5.74) is 5.46. The van der Waals surface area contributed by atoms with Crippen LogP contribution in [-0.2, 0) is 24.9 Å². The van der Waals surface area contributed by atoms with Gasteiger partial charge in [0.25, 0.3) is 0 Å². The molecular formula is C24H32BrN3. The maximum absolute atomic E-state index is 4.86. The fourth-order valence-corrected chi connectivity index (χ4v) is 3.28. The molecule has 28 heavy (non-hydrogen) atoms. The monoisotopic (exact) mass is 441 g/mol. The second kappa shape index (κ2) is 10.0. The number of halogens is 1. The minimum Gasteiger partial charge on any atom is -1.00 e. The average Bonchev–Trinajstić information content (AvgIpc) is 3.01. The molecule has 3 rings (SSSR count). The number of aryl methyl sites for hydroxylation is 1. The Kier molecular flexibility index (Phi) is 7.99. The van der Waals surface area contributed by atoms with Crippen LogP contribution in [0.1, 0.15) is 62.9 Å². The van der Waals surface area contributed by atoms with Gasteiger partial charge in [-0.05, 0) is 28.5 Å². The van der Waals surface area contributed by atoms with Gasteiger partial charge in [-0.3, -0.25) is 0 Å². The molecule has 2 aromatic carbocycles. The molecule has 0 saturated heterocycles. The molecule has 0 saturated carbocycles. The van der Waals surface area contributed by atoms with Gasteiger partial charge in [0, 0.05) is 6.42 Å². The number of unbranched alkanes of at least 4 members (excludes halogenated alkanes) is 1. The van der Waals surface area contributed by atoms with E-state index in [-0.39, 0.29) is 22.4 Å². The van der Waals surface area contributed by atoms with E-state index in [9.17, 15) is 0 Å². The van der Waals surface area contributed by atoms with Crippen molar-refractivity contribution in [3.8, 4) is 0 Å². The van der Waals surface area contributed by atoms with Crippen LogP contribution in [0.15, 0.2) is 60.8 Å². The van der Waals surface area contributed by atoms with Crippen molar-refractivity contribution in [3.05, 3.63) is 83.2 Å². The van der Waals surface area contributed by atoms with E-state index in [1.54, 1.807) is 0 Å². The van der Waals surface area contributed by atoms with Gasteiger partial charge in [0.2, 0.25) is 0 Å². The molecule has 0 fully saturated rings. The molecule has 3 nitrogen and oxygen atoms in total. The third-order valence-corrected chi connectivity index (χ3v) is 4.98. The lowest BCUT2D eigenvalue weighted by atomic mass is 9.87. The molecule has 0 bridgehead atoms. The number of hydrogen-bond acceptors (Lipinski definition) is 1. The molecule has 1 heterocycles. The molecule has 0 radical (unpaired) electrons. The summed E-state index contributed by atoms with van der Waals surface area (Å²) in [7, 11) is 0. The van der Waals surface area contributed by atoms with Gasteiger partial charge >= 0.3 is 0 Å². The van der Waals surface area contributed by atoms with Crippen molar-refractivity contribution in [1.29, 1.82) is 0 Å². The van der Waals surface area contributed by atoms with E-state index in [0.29, 0.717) is 0 Å². The summed E-state index contributed by atoms with van der Waals surface area (Å²) in [6, 6.07) is 19.5. The predicted octanol–water partition coefficient (Wildman–Crippen LogP) is 1.91. The van der Waals surface area contributed by atoms with Crippen LogP contribution in [0.25, 0.3) is 0 Å². The van der Waals surface area contributed by atoms with E-state index in [0.717, 1.165) is 19.5 Å². The summed E-state index contributed by atoms with van der Waals surface area (Å²) in [6.07, 6.45) is 5.68. The van der Waals surface area contributed by atoms with Crippen molar-refractivity contribution in [1.82, 2.24) is 9.90 Å². The van der Waals surface area contributed by atoms with Gasteiger partial charge in [0.1, 0.15) is 13.1 Å². The van der Waals surface area contributed by atoms with Gasteiger partial charge in [0.15, 0.2) is 11.9 Å². The van der Waals surface area contributed by atoms with E-state index in [1.165, 1.54) is 35.2 Å². The van der Waals surface area contributed by atoms with Crippen LogP contribution in [0.2, 0.25) is 0 Å². The van der Waals surface area contributed by atoms with Crippen molar-refractivity contribution < 1.29 is 21.7 Å². The highest BCUT2D eigenvalue weighted by molar-refractivity contribution is 5.27. The lowest BCUT2D eigenvalue weighted by molar-refractivity contribution is -0.747. The first-order chi connectivity index (χ1) is 13.0. The molecule has 0 aliphatic rings. The summed E-state index contributed by atoms with van der Waals surface area (Å²) in [5, 5.41) is 4.86. The second-order valence-corrected chi connectivity index (χ2v) is 8.40. The summed E-state index contributed by atoms with van der Waals surface area (Å²) >= 11 is 0. The fraction of sp³-hybridized carbons (Fsp3) is 0.417. The zero-order valence-corrected chi connectivity index (χ0v) is 19.1. The van der Waals surface area contributed by atoms with Crippen LogP contribution in [0.4, 0.5) is 0 Å². The standard InChI is InChI=1S/C24H32N3.BrH/c1-5-6-12-23-19-26(17-20-10-8-7-9-11-20)25-27(23)18-21-13-15-22(16-14-21)24(2,3)4;/h7-11,13-16,19H,5-6,12,17-18H2,1-4H3;1H/q+1;/p-1. The Balaban J connectivity index is 0.00000280. The molecule has 150 valence electrons. The first kappa shape index (κ1) is 22.4. The van der Waals surface area contributed by atoms with Crippen molar-refractivity contribution in [2.45, 2.75) is 65.5 Å². The Labute approximate surface area is 180 Å². The van der Waals surface area contributed by atoms with Gasteiger partial charge in [-0.2, -0.15) is 0 Å². The van der Waals surface area contributed by atoms with Crippen LogP contribution >= 0.6 is 0 Å². The van der Waals surface area contributed by atoms with Gasteiger partial charge in [-0.1, -0.05) is 88.7 Å². The molecular weight excluding hydrogens is 410 g/mol. The van der Waals surface area contributed by atoms with Crippen LogP contribution in [-0.4, -0.2) is 9.90 Å². The number of nitrogens with zero attached hydrogens (tertiary/aromatic N) is 3. The first-order valence-electron chi connectivity index (χ1n) is 10.1. The van der Waals surface area contributed by atoms with E-state index in [4.69, 9.17) is 5.21 Å². The molecule has 4 heteroatoms. The second-order valence-electron chi connectivity index (χ2n) is 8.40. The summed E-state index contributed by atoms with van der Waals surface area (Å²) in [5.74, 6) is 0. The third-order valence-electron chi connectivity index (χ3n) is 4.98. The lowest BCUT2D eigenvalue weighted by Crippen LogP contribution is -3.00. The number of hydrogen-bond donors (Lipinski definition) is 0. The van der Waals surface area contributed by atoms with Crippen molar-refractivity contribution in [3.63, 3.8) is 0 Å². The normalized spacial score (nSPS) is 11.3. The highest BCUT2D eigenvalue weighted by atomic mass is 79.9. The van der Waals surface area contributed by atoms with Crippen LogP contribution in [0.3, 0.4) is 0 Å². The number of aromatic nitrogens is 3.